The van der Waals surface area contributed by atoms with Gasteiger partial charge in [0.25, 0.3) is 0 Å². The summed E-state index contributed by atoms with van der Waals surface area (Å²) >= 11 is 6.26. The summed E-state index contributed by atoms with van der Waals surface area (Å²) in [7, 11) is 0. The van der Waals surface area contributed by atoms with E-state index in [-0.39, 0.29) is 18.2 Å². The first-order valence-electron chi connectivity index (χ1n) is 8.18. The highest BCUT2D eigenvalue weighted by molar-refractivity contribution is 6.32. The fourth-order valence-corrected chi connectivity index (χ4v) is 2.75. The summed E-state index contributed by atoms with van der Waals surface area (Å²) in [6.45, 7) is 7.60. The molecule has 1 fully saturated rings. The highest BCUT2D eigenvalue weighted by Gasteiger charge is 2.30. The molecule has 128 valence electrons. The Morgan fingerprint density at radius 2 is 1.83 bits per heavy atom. The Morgan fingerprint density at radius 3 is 2.39 bits per heavy atom. The minimum Gasteiger partial charge on any atom is -0.473 e. The van der Waals surface area contributed by atoms with Crippen molar-refractivity contribution in [2.24, 2.45) is 5.41 Å². The molecular formula is C17H25ClN2O3. The van der Waals surface area contributed by atoms with E-state index in [0.29, 0.717) is 10.9 Å². The van der Waals surface area contributed by atoms with Crippen LogP contribution in [0.1, 0.15) is 59.1 Å². The predicted molar refractivity (Wildman–Crippen MR) is 88.6 cm³/mol. The Labute approximate surface area is 142 Å². The van der Waals surface area contributed by atoms with Crippen LogP contribution in [0.2, 0.25) is 5.02 Å². The van der Waals surface area contributed by atoms with E-state index in [0.717, 1.165) is 37.8 Å². The number of esters is 1. The molecule has 0 aliphatic heterocycles. The average Bonchev–Trinajstić information content (AvgIpc) is 2.50. The van der Waals surface area contributed by atoms with Crippen LogP contribution in [0.5, 0.6) is 5.88 Å². The maximum absolute atomic E-state index is 11.9. The van der Waals surface area contributed by atoms with Crippen molar-refractivity contribution in [1.29, 1.82) is 0 Å². The molecule has 0 spiro atoms. The number of rotatable bonds is 4. The molecule has 5 nitrogen and oxygen atoms in total. The van der Waals surface area contributed by atoms with Crippen molar-refractivity contribution in [2.75, 3.05) is 0 Å². The van der Waals surface area contributed by atoms with Gasteiger partial charge in [-0.25, -0.2) is 9.97 Å². The molecule has 0 aromatic carbocycles. The molecule has 1 aromatic heterocycles. The van der Waals surface area contributed by atoms with Crippen LogP contribution >= 0.6 is 11.6 Å². The number of hydrogen-bond donors (Lipinski definition) is 0. The fourth-order valence-electron chi connectivity index (χ4n) is 2.47. The van der Waals surface area contributed by atoms with Crippen molar-refractivity contribution < 1.29 is 14.3 Å². The van der Waals surface area contributed by atoms with Crippen molar-refractivity contribution in [3.63, 3.8) is 0 Å². The van der Waals surface area contributed by atoms with Gasteiger partial charge in [0.2, 0.25) is 5.88 Å². The summed E-state index contributed by atoms with van der Waals surface area (Å²) in [5, 5.41) is 0.497. The molecule has 0 amide bonds. The molecule has 6 heteroatoms. The lowest BCUT2D eigenvalue weighted by molar-refractivity contribution is -0.160. The number of carbonyl (C=O) groups excluding carboxylic acids is 1. The first-order valence-corrected chi connectivity index (χ1v) is 8.56. The van der Waals surface area contributed by atoms with Crippen LogP contribution in [0.25, 0.3) is 0 Å². The number of aromatic nitrogens is 2. The van der Waals surface area contributed by atoms with Gasteiger partial charge in [0.15, 0.2) is 0 Å². The van der Waals surface area contributed by atoms with E-state index < -0.39 is 5.41 Å². The quantitative estimate of drug-likeness (QED) is 0.776. The summed E-state index contributed by atoms with van der Waals surface area (Å²) in [6.07, 6.45) is 5.51. The van der Waals surface area contributed by atoms with E-state index in [9.17, 15) is 4.79 Å². The molecule has 0 atom stereocenters. The highest BCUT2D eigenvalue weighted by atomic mass is 35.5. The van der Waals surface area contributed by atoms with Gasteiger partial charge in [-0.1, -0.05) is 18.5 Å². The summed E-state index contributed by atoms with van der Waals surface area (Å²) in [5.41, 5.74) is 0.336. The molecule has 1 heterocycles. The molecular weight excluding hydrogens is 316 g/mol. The summed E-state index contributed by atoms with van der Waals surface area (Å²) in [4.78, 5) is 20.2. The Kier molecular flexibility index (Phi) is 5.84. The molecule has 0 N–H and O–H groups in total. The predicted octanol–water partition coefficient (Wildman–Crippen LogP) is 3.97. The summed E-state index contributed by atoms with van der Waals surface area (Å²) in [5.74, 6) is 0.307. The van der Waals surface area contributed by atoms with Crippen molar-refractivity contribution in [3.8, 4) is 5.88 Å². The van der Waals surface area contributed by atoms with Gasteiger partial charge in [0.05, 0.1) is 11.1 Å². The summed E-state index contributed by atoms with van der Waals surface area (Å²) in [6, 6.07) is 0. The molecule has 1 saturated carbocycles. The van der Waals surface area contributed by atoms with Gasteiger partial charge in [-0.15, -0.1) is 0 Å². The monoisotopic (exact) mass is 340 g/mol. The normalized spacial score (nSPS) is 21.8. The second kappa shape index (κ2) is 7.47. The maximum Gasteiger partial charge on any atom is 0.311 e. The molecule has 1 aliphatic rings. The fraction of sp³-hybridized carbons (Fsp3) is 0.706. The van der Waals surface area contributed by atoms with Gasteiger partial charge in [-0.2, -0.15) is 0 Å². The van der Waals surface area contributed by atoms with E-state index in [4.69, 9.17) is 21.1 Å². The molecule has 0 bridgehead atoms. The number of nitrogens with zero attached hydrogens (tertiary/aromatic N) is 2. The van der Waals surface area contributed by atoms with E-state index in [1.807, 2.05) is 27.7 Å². The first kappa shape index (κ1) is 18.0. The molecule has 1 aliphatic carbocycles. The number of carbonyl (C=O) groups is 1. The minimum absolute atomic E-state index is 0.0198. The maximum atomic E-state index is 11.9. The highest BCUT2D eigenvalue weighted by Crippen LogP contribution is 2.30. The van der Waals surface area contributed by atoms with E-state index in [2.05, 4.69) is 9.97 Å². The average molecular weight is 341 g/mol. The smallest absolute Gasteiger partial charge is 0.311 e. The van der Waals surface area contributed by atoms with Crippen molar-refractivity contribution in [3.05, 3.63) is 17.0 Å². The van der Waals surface area contributed by atoms with E-state index >= 15 is 0 Å². The Hall–Kier alpha value is -1.36. The third-order valence-electron chi connectivity index (χ3n) is 3.95. The number of halogens is 1. The van der Waals surface area contributed by atoms with Crippen molar-refractivity contribution in [1.82, 2.24) is 9.97 Å². The zero-order valence-electron chi connectivity index (χ0n) is 14.3. The van der Waals surface area contributed by atoms with Crippen LogP contribution in [-0.2, 0) is 16.0 Å². The lowest BCUT2D eigenvalue weighted by atomic mass is 9.93. The zero-order valence-corrected chi connectivity index (χ0v) is 15.0. The first-order chi connectivity index (χ1) is 10.8. The number of aryl methyl sites for hydroxylation is 1. The third-order valence-corrected chi connectivity index (χ3v) is 4.33. The SMILES string of the molecule is CCc1ncnc(O[C@H]2CC[C@@H](OC(=O)C(C)(C)C)CC2)c1Cl. The van der Waals surface area contributed by atoms with Crippen LogP contribution < -0.4 is 4.74 Å². The zero-order chi connectivity index (χ0) is 17.0. The lowest BCUT2D eigenvalue weighted by Gasteiger charge is -2.30. The standard InChI is InChI=1S/C17H25ClN2O3/c1-5-13-14(18)15(20-10-19-13)22-11-6-8-12(9-7-11)23-16(21)17(2,3)4/h10-12H,5-9H2,1-4H3/t11-,12+. The number of ether oxygens (including phenoxy) is 2. The largest absolute Gasteiger partial charge is 0.473 e. The topological polar surface area (TPSA) is 61.3 Å². The Morgan fingerprint density at radius 1 is 1.22 bits per heavy atom. The van der Waals surface area contributed by atoms with E-state index in [1.54, 1.807) is 0 Å². The van der Waals surface area contributed by atoms with E-state index in [1.165, 1.54) is 6.33 Å². The van der Waals surface area contributed by atoms with Crippen LogP contribution in [0, 0.1) is 5.41 Å². The van der Waals surface area contributed by atoms with Crippen LogP contribution in [0.15, 0.2) is 6.33 Å². The van der Waals surface area contributed by atoms with Gasteiger partial charge in [-0.3, -0.25) is 4.79 Å². The van der Waals surface area contributed by atoms with Gasteiger partial charge in [-0.05, 0) is 52.9 Å². The molecule has 2 rings (SSSR count). The molecule has 1 aromatic rings. The van der Waals surface area contributed by atoms with Gasteiger partial charge < -0.3 is 9.47 Å². The molecule has 0 radical (unpaired) electrons. The van der Waals surface area contributed by atoms with Crippen LogP contribution in [-0.4, -0.2) is 28.1 Å². The van der Waals surface area contributed by atoms with Crippen LogP contribution in [0.4, 0.5) is 0 Å². The molecule has 0 saturated heterocycles. The Bertz CT molecular complexity index is 549. The second-order valence-corrected chi connectivity index (χ2v) is 7.34. The van der Waals surface area contributed by atoms with Crippen molar-refractivity contribution in [2.45, 2.75) is 72.0 Å². The molecule has 0 unspecified atom stereocenters. The second-order valence-electron chi connectivity index (χ2n) is 6.96. The molecule has 23 heavy (non-hydrogen) atoms. The lowest BCUT2D eigenvalue weighted by Crippen LogP contribution is -2.33. The van der Waals surface area contributed by atoms with Crippen molar-refractivity contribution >= 4 is 17.6 Å². The van der Waals surface area contributed by atoms with Crippen LogP contribution in [0.3, 0.4) is 0 Å². The van der Waals surface area contributed by atoms with Gasteiger partial charge >= 0.3 is 5.97 Å². The minimum atomic E-state index is -0.460. The number of hydrogen-bond acceptors (Lipinski definition) is 5. The third kappa shape index (κ3) is 4.80. The van der Waals surface area contributed by atoms with Gasteiger partial charge in [0.1, 0.15) is 23.6 Å². The Balaban J connectivity index is 1.87. The van der Waals surface area contributed by atoms with Gasteiger partial charge in [0, 0.05) is 0 Å². The summed E-state index contributed by atoms with van der Waals surface area (Å²) < 4.78 is 11.5.